The third-order valence-electron chi connectivity index (χ3n) is 1.98. The summed E-state index contributed by atoms with van der Waals surface area (Å²) in [4.78, 5) is 22.3. The van der Waals surface area contributed by atoms with Gasteiger partial charge in [0.15, 0.2) is 0 Å². The molecule has 2 N–H and O–H groups in total. The van der Waals surface area contributed by atoms with Crippen LogP contribution in [0.25, 0.3) is 0 Å². The molecule has 1 aromatic rings. The van der Waals surface area contributed by atoms with Gasteiger partial charge in [-0.25, -0.2) is 0 Å². The first-order valence-corrected chi connectivity index (χ1v) is 4.79. The SMILES string of the molecule is C.CCC(=O)Nc1ccc(C(=O)NC)cc1. The lowest BCUT2D eigenvalue weighted by molar-refractivity contribution is -0.115. The molecule has 2 amide bonds. The van der Waals surface area contributed by atoms with E-state index < -0.39 is 0 Å². The Bertz CT molecular complexity index is 358. The van der Waals surface area contributed by atoms with Crippen LogP contribution >= 0.6 is 0 Å². The van der Waals surface area contributed by atoms with Crippen LogP contribution in [0.2, 0.25) is 0 Å². The molecule has 88 valence electrons. The number of anilines is 1. The van der Waals surface area contributed by atoms with Crippen LogP contribution < -0.4 is 10.6 Å². The van der Waals surface area contributed by atoms with Crippen LogP contribution in [0.3, 0.4) is 0 Å². The number of nitrogens with one attached hydrogen (secondary N) is 2. The second kappa shape index (κ2) is 6.61. The molecule has 0 fully saturated rings. The van der Waals surface area contributed by atoms with E-state index in [1.807, 2.05) is 0 Å². The molecule has 0 heterocycles. The number of carbonyl (C=O) groups is 2. The summed E-state index contributed by atoms with van der Waals surface area (Å²) in [6, 6.07) is 6.75. The molecule has 0 bridgehead atoms. The standard InChI is InChI=1S/C11H14N2O2.CH4/c1-3-10(14)13-9-6-4-8(5-7-9)11(15)12-2;/h4-7H,3H2,1-2H3,(H,12,15)(H,13,14);1H4. The van der Waals surface area contributed by atoms with Crippen molar-refractivity contribution in [3.8, 4) is 0 Å². The molecule has 16 heavy (non-hydrogen) atoms. The lowest BCUT2D eigenvalue weighted by Gasteiger charge is -2.04. The molecule has 4 nitrogen and oxygen atoms in total. The molecule has 0 aromatic heterocycles. The predicted molar refractivity (Wildman–Crippen MR) is 65.5 cm³/mol. The fourth-order valence-electron chi connectivity index (χ4n) is 1.10. The van der Waals surface area contributed by atoms with Gasteiger partial charge >= 0.3 is 0 Å². The van der Waals surface area contributed by atoms with Gasteiger partial charge in [-0.2, -0.15) is 0 Å². The average Bonchev–Trinajstić information content (AvgIpc) is 2.29. The Morgan fingerprint density at radius 1 is 1.19 bits per heavy atom. The Kier molecular flexibility index (Phi) is 5.85. The van der Waals surface area contributed by atoms with Gasteiger partial charge in [0.1, 0.15) is 0 Å². The van der Waals surface area contributed by atoms with Crippen molar-refractivity contribution < 1.29 is 9.59 Å². The monoisotopic (exact) mass is 222 g/mol. The van der Waals surface area contributed by atoms with E-state index in [1.54, 1.807) is 38.2 Å². The highest BCUT2D eigenvalue weighted by atomic mass is 16.2. The third kappa shape index (κ3) is 3.73. The second-order valence-electron chi connectivity index (χ2n) is 3.06. The molecule has 0 aliphatic rings. The fourth-order valence-corrected chi connectivity index (χ4v) is 1.10. The molecule has 1 rings (SSSR count). The van der Waals surface area contributed by atoms with E-state index in [-0.39, 0.29) is 19.2 Å². The van der Waals surface area contributed by atoms with Crippen molar-refractivity contribution in [1.82, 2.24) is 5.32 Å². The summed E-state index contributed by atoms with van der Waals surface area (Å²) in [5.74, 6) is -0.175. The molecule has 0 spiro atoms. The Hall–Kier alpha value is -1.84. The maximum Gasteiger partial charge on any atom is 0.251 e. The molecule has 0 atom stereocenters. The summed E-state index contributed by atoms with van der Waals surface area (Å²) in [7, 11) is 1.58. The number of rotatable bonds is 3. The molecule has 0 aliphatic carbocycles. The Balaban J connectivity index is 0.00000225. The van der Waals surface area contributed by atoms with Gasteiger partial charge in [0.2, 0.25) is 5.91 Å². The highest BCUT2D eigenvalue weighted by molar-refractivity contribution is 5.95. The number of amides is 2. The van der Waals surface area contributed by atoms with Crippen LogP contribution in [-0.4, -0.2) is 18.9 Å². The Morgan fingerprint density at radius 2 is 1.75 bits per heavy atom. The van der Waals surface area contributed by atoms with Gasteiger partial charge in [-0.15, -0.1) is 0 Å². The molecule has 0 saturated heterocycles. The molecule has 0 saturated carbocycles. The highest BCUT2D eigenvalue weighted by Gasteiger charge is 2.03. The normalized spacial score (nSPS) is 8.88. The summed E-state index contributed by atoms with van der Waals surface area (Å²) in [5.41, 5.74) is 1.28. The summed E-state index contributed by atoms with van der Waals surface area (Å²) in [5, 5.41) is 5.23. The summed E-state index contributed by atoms with van der Waals surface area (Å²) in [6.07, 6.45) is 0.442. The van der Waals surface area contributed by atoms with E-state index >= 15 is 0 Å². The van der Waals surface area contributed by atoms with Crippen molar-refractivity contribution in [2.45, 2.75) is 20.8 Å². The minimum absolute atomic E-state index is 0. The number of hydrogen-bond acceptors (Lipinski definition) is 2. The van der Waals surface area contributed by atoms with Gasteiger partial charge < -0.3 is 10.6 Å². The Morgan fingerprint density at radius 3 is 2.19 bits per heavy atom. The van der Waals surface area contributed by atoms with Gasteiger partial charge in [-0.05, 0) is 24.3 Å². The minimum Gasteiger partial charge on any atom is -0.355 e. The van der Waals surface area contributed by atoms with Crippen molar-refractivity contribution in [2.75, 3.05) is 12.4 Å². The molecule has 0 unspecified atom stereocenters. The van der Waals surface area contributed by atoms with Crippen molar-refractivity contribution in [2.24, 2.45) is 0 Å². The van der Waals surface area contributed by atoms with Crippen molar-refractivity contribution >= 4 is 17.5 Å². The Labute approximate surface area is 96.0 Å². The summed E-state index contributed by atoms with van der Waals surface area (Å²) in [6.45, 7) is 1.79. The van der Waals surface area contributed by atoms with Crippen molar-refractivity contribution in [3.05, 3.63) is 29.8 Å². The van der Waals surface area contributed by atoms with Crippen LogP contribution in [0.4, 0.5) is 5.69 Å². The molecular weight excluding hydrogens is 204 g/mol. The number of carbonyl (C=O) groups excluding carboxylic acids is 2. The zero-order valence-electron chi connectivity index (χ0n) is 8.83. The van der Waals surface area contributed by atoms with E-state index in [2.05, 4.69) is 10.6 Å². The van der Waals surface area contributed by atoms with E-state index in [0.717, 1.165) is 0 Å². The molecule has 0 radical (unpaired) electrons. The van der Waals surface area contributed by atoms with Crippen molar-refractivity contribution in [3.63, 3.8) is 0 Å². The van der Waals surface area contributed by atoms with Gasteiger partial charge in [0, 0.05) is 24.7 Å². The maximum atomic E-state index is 11.2. The lowest BCUT2D eigenvalue weighted by atomic mass is 10.2. The molecule has 1 aromatic carbocycles. The van der Waals surface area contributed by atoms with Crippen LogP contribution in [0.1, 0.15) is 31.1 Å². The average molecular weight is 222 g/mol. The van der Waals surface area contributed by atoms with Gasteiger partial charge in [0.25, 0.3) is 5.91 Å². The van der Waals surface area contributed by atoms with Crippen LogP contribution in [0.5, 0.6) is 0 Å². The van der Waals surface area contributed by atoms with E-state index in [4.69, 9.17) is 0 Å². The second-order valence-corrected chi connectivity index (χ2v) is 3.06. The van der Waals surface area contributed by atoms with Crippen molar-refractivity contribution in [1.29, 1.82) is 0 Å². The molecule has 4 heteroatoms. The first-order valence-electron chi connectivity index (χ1n) is 4.79. The smallest absolute Gasteiger partial charge is 0.251 e. The van der Waals surface area contributed by atoms with Crippen LogP contribution in [0.15, 0.2) is 24.3 Å². The molecular formula is C12H18N2O2. The van der Waals surface area contributed by atoms with Crippen LogP contribution in [-0.2, 0) is 4.79 Å². The minimum atomic E-state index is -0.136. The third-order valence-corrected chi connectivity index (χ3v) is 1.98. The summed E-state index contributed by atoms with van der Waals surface area (Å²) >= 11 is 0. The zero-order valence-corrected chi connectivity index (χ0v) is 8.83. The van der Waals surface area contributed by atoms with Gasteiger partial charge in [-0.1, -0.05) is 14.4 Å². The van der Waals surface area contributed by atoms with Gasteiger partial charge in [-0.3, -0.25) is 9.59 Å². The zero-order chi connectivity index (χ0) is 11.3. The highest BCUT2D eigenvalue weighted by Crippen LogP contribution is 2.09. The fraction of sp³-hybridized carbons (Fsp3) is 0.333. The quantitative estimate of drug-likeness (QED) is 0.822. The number of hydrogen-bond donors (Lipinski definition) is 2. The first-order chi connectivity index (χ1) is 7.17. The van der Waals surface area contributed by atoms with E-state index in [1.165, 1.54) is 0 Å². The van der Waals surface area contributed by atoms with E-state index in [0.29, 0.717) is 17.7 Å². The predicted octanol–water partition coefficient (Wildman–Crippen LogP) is 2.03. The lowest BCUT2D eigenvalue weighted by Crippen LogP contribution is -2.17. The van der Waals surface area contributed by atoms with Crippen LogP contribution in [0, 0.1) is 0 Å². The summed E-state index contributed by atoms with van der Waals surface area (Å²) < 4.78 is 0. The maximum absolute atomic E-state index is 11.2. The molecule has 0 aliphatic heterocycles. The largest absolute Gasteiger partial charge is 0.355 e. The van der Waals surface area contributed by atoms with E-state index in [9.17, 15) is 9.59 Å². The van der Waals surface area contributed by atoms with Gasteiger partial charge in [0.05, 0.1) is 0 Å². The topological polar surface area (TPSA) is 58.2 Å². The first kappa shape index (κ1) is 14.2. The number of benzene rings is 1.